The molecule has 0 atom stereocenters. The number of thiophene rings is 1. The van der Waals surface area contributed by atoms with Crippen LogP contribution in [0.1, 0.15) is 0 Å². The van der Waals surface area contributed by atoms with Gasteiger partial charge in [0.2, 0.25) is 0 Å². The zero-order chi connectivity index (χ0) is 37.0. The van der Waals surface area contributed by atoms with Crippen LogP contribution in [-0.4, -0.2) is 15.0 Å². The highest BCUT2D eigenvalue weighted by molar-refractivity contribution is 7.25. The van der Waals surface area contributed by atoms with Gasteiger partial charge in [0.25, 0.3) is 0 Å². The van der Waals surface area contributed by atoms with Crippen molar-refractivity contribution in [2.24, 2.45) is 0 Å². The Morgan fingerprint density at radius 1 is 0.339 bits per heavy atom. The second kappa shape index (κ2) is 13.3. The van der Waals surface area contributed by atoms with Gasteiger partial charge in [-0.25, -0.2) is 15.0 Å². The average molecular weight is 734 g/mol. The third-order valence-electron chi connectivity index (χ3n) is 10.6. The van der Waals surface area contributed by atoms with E-state index in [2.05, 4.69) is 140 Å². The van der Waals surface area contributed by atoms with E-state index in [0.29, 0.717) is 17.5 Å². The Bertz CT molecular complexity index is 3230. The highest BCUT2D eigenvalue weighted by Crippen LogP contribution is 2.46. The molecule has 0 saturated heterocycles. The van der Waals surface area contributed by atoms with E-state index in [0.717, 1.165) is 66.4 Å². The van der Waals surface area contributed by atoms with Crippen molar-refractivity contribution < 1.29 is 4.42 Å². The van der Waals surface area contributed by atoms with E-state index in [1.165, 1.54) is 25.7 Å². The van der Waals surface area contributed by atoms with Crippen LogP contribution < -0.4 is 0 Å². The number of para-hydroxylation sites is 1. The molecular formula is C51H31N3OS. The molecule has 0 N–H and O–H groups in total. The molecule has 0 aliphatic carbocycles. The van der Waals surface area contributed by atoms with Crippen LogP contribution >= 0.6 is 11.3 Å². The van der Waals surface area contributed by atoms with Gasteiger partial charge in [0.15, 0.2) is 17.5 Å². The molecule has 0 unspecified atom stereocenters. The topological polar surface area (TPSA) is 51.8 Å². The van der Waals surface area contributed by atoms with Crippen molar-refractivity contribution >= 4 is 53.4 Å². The van der Waals surface area contributed by atoms with Gasteiger partial charge >= 0.3 is 0 Å². The summed E-state index contributed by atoms with van der Waals surface area (Å²) >= 11 is 1.83. The summed E-state index contributed by atoms with van der Waals surface area (Å²) in [6.07, 6.45) is 0. The molecule has 11 aromatic rings. The number of rotatable bonds is 6. The molecule has 0 spiro atoms. The maximum absolute atomic E-state index is 6.88. The third kappa shape index (κ3) is 5.48. The molecule has 56 heavy (non-hydrogen) atoms. The Morgan fingerprint density at radius 3 is 1.64 bits per heavy atom. The molecule has 0 saturated carbocycles. The van der Waals surface area contributed by atoms with Crippen molar-refractivity contribution in [3.63, 3.8) is 0 Å². The molecule has 3 heterocycles. The fraction of sp³-hybridized carbons (Fsp3) is 0. The molecule has 0 fully saturated rings. The van der Waals surface area contributed by atoms with E-state index < -0.39 is 0 Å². The van der Waals surface area contributed by atoms with E-state index in [1.807, 2.05) is 59.9 Å². The largest absolute Gasteiger partial charge is 0.455 e. The van der Waals surface area contributed by atoms with Gasteiger partial charge in [0.05, 0.1) is 0 Å². The number of hydrogen-bond acceptors (Lipinski definition) is 5. The minimum atomic E-state index is 0.594. The Kier molecular flexibility index (Phi) is 7.64. The average Bonchev–Trinajstić information content (AvgIpc) is 3.85. The van der Waals surface area contributed by atoms with Crippen LogP contribution in [0.3, 0.4) is 0 Å². The fourth-order valence-corrected chi connectivity index (χ4v) is 9.01. The summed E-state index contributed by atoms with van der Waals surface area (Å²) in [5, 5.41) is 4.53. The first-order valence-corrected chi connectivity index (χ1v) is 19.5. The zero-order valence-electron chi connectivity index (χ0n) is 30.1. The summed E-state index contributed by atoms with van der Waals surface area (Å²) in [6.45, 7) is 0. The van der Waals surface area contributed by atoms with Crippen molar-refractivity contribution in [1.82, 2.24) is 15.0 Å². The predicted molar refractivity (Wildman–Crippen MR) is 233 cm³/mol. The summed E-state index contributed by atoms with van der Waals surface area (Å²) in [4.78, 5) is 15.3. The zero-order valence-corrected chi connectivity index (χ0v) is 30.9. The standard InChI is InChI=1S/C51H31N3OS/c1-4-14-32(15-5-1)33-26-28-36(29-27-33)50-52-49(35-18-8-3-9-19-35)53-51(54-50)40-23-13-24-44-47(40)39-22-12-21-38(48(39)55-44)42-31-46-43(37-20-10-11-25-45(37)56-46)30-41(42)34-16-6-2-7-17-34/h1-31H. The lowest BCUT2D eigenvalue weighted by atomic mass is 9.91. The van der Waals surface area contributed by atoms with Crippen LogP contribution in [0, 0.1) is 0 Å². The van der Waals surface area contributed by atoms with Gasteiger partial charge in [-0.2, -0.15) is 0 Å². The fourth-order valence-electron chi connectivity index (χ4n) is 7.88. The molecule has 4 nitrogen and oxygen atoms in total. The lowest BCUT2D eigenvalue weighted by molar-refractivity contribution is 0.670. The van der Waals surface area contributed by atoms with Gasteiger partial charge in [-0.15, -0.1) is 11.3 Å². The van der Waals surface area contributed by atoms with Crippen LogP contribution in [-0.2, 0) is 0 Å². The number of nitrogens with zero attached hydrogens (tertiary/aromatic N) is 3. The van der Waals surface area contributed by atoms with E-state index in [1.54, 1.807) is 0 Å². The smallest absolute Gasteiger partial charge is 0.164 e. The molecule has 5 heteroatoms. The Balaban J connectivity index is 1.11. The maximum atomic E-state index is 6.88. The molecule has 8 aromatic carbocycles. The quantitative estimate of drug-likeness (QED) is 0.171. The maximum Gasteiger partial charge on any atom is 0.164 e. The number of hydrogen-bond donors (Lipinski definition) is 0. The van der Waals surface area contributed by atoms with Crippen molar-refractivity contribution in [2.45, 2.75) is 0 Å². The highest BCUT2D eigenvalue weighted by Gasteiger charge is 2.22. The van der Waals surface area contributed by atoms with Crippen LogP contribution in [0.25, 0.3) is 110 Å². The first kappa shape index (κ1) is 32.2. The predicted octanol–water partition coefficient (Wildman–Crippen LogP) is 14.1. The summed E-state index contributed by atoms with van der Waals surface area (Å²) < 4.78 is 9.41. The monoisotopic (exact) mass is 733 g/mol. The van der Waals surface area contributed by atoms with Gasteiger partial charge in [0.1, 0.15) is 11.2 Å². The SMILES string of the molecule is c1ccc(-c2ccc(-c3nc(-c4ccccc4)nc(-c4cccc5oc6c(-c7cc8sc9ccccc9c8cc7-c7ccccc7)cccc6c45)n3)cc2)cc1. The number of fused-ring (bicyclic) bond motifs is 6. The van der Waals surface area contributed by atoms with Crippen molar-refractivity contribution in [1.29, 1.82) is 0 Å². The van der Waals surface area contributed by atoms with Gasteiger partial charge in [-0.1, -0.05) is 164 Å². The Labute approximate surface area is 327 Å². The molecule has 262 valence electrons. The molecule has 0 aliphatic heterocycles. The van der Waals surface area contributed by atoms with Crippen LogP contribution in [0.2, 0.25) is 0 Å². The molecule has 11 rings (SSSR count). The number of aromatic nitrogens is 3. The summed E-state index contributed by atoms with van der Waals surface area (Å²) in [5.74, 6) is 1.83. The van der Waals surface area contributed by atoms with Gasteiger partial charge in [0, 0.05) is 53.2 Å². The lowest BCUT2D eigenvalue weighted by Crippen LogP contribution is -2.00. The Morgan fingerprint density at radius 2 is 0.893 bits per heavy atom. The van der Waals surface area contributed by atoms with Crippen LogP contribution in [0.5, 0.6) is 0 Å². The van der Waals surface area contributed by atoms with Crippen molar-refractivity contribution in [2.75, 3.05) is 0 Å². The van der Waals surface area contributed by atoms with Gasteiger partial charge in [-0.05, 0) is 52.1 Å². The van der Waals surface area contributed by atoms with Crippen LogP contribution in [0.4, 0.5) is 0 Å². The molecule has 3 aromatic heterocycles. The lowest BCUT2D eigenvalue weighted by Gasteiger charge is -2.12. The van der Waals surface area contributed by atoms with Gasteiger partial charge < -0.3 is 4.42 Å². The summed E-state index contributed by atoms with van der Waals surface area (Å²) in [6, 6.07) is 65.6. The van der Waals surface area contributed by atoms with E-state index in [-0.39, 0.29) is 0 Å². The molecule has 0 aliphatic rings. The number of benzene rings is 8. The summed E-state index contributed by atoms with van der Waals surface area (Å²) in [7, 11) is 0. The van der Waals surface area contributed by atoms with Crippen molar-refractivity contribution in [3.05, 3.63) is 188 Å². The third-order valence-corrected chi connectivity index (χ3v) is 11.7. The Hall–Kier alpha value is -7.21. The molecular weight excluding hydrogens is 703 g/mol. The molecule has 0 amide bonds. The van der Waals surface area contributed by atoms with E-state index in [9.17, 15) is 0 Å². The normalized spacial score (nSPS) is 11.6. The van der Waals surface area contributed by atoms with E-state index in [4.69, 9.17) is 19.4 Å². The number of furan rings is 1. The first-order valence-electron chi connectivity index (χ1n) is 18.7. The minimum Gasteiger partial charge on any atom is -0.455 e. The van der Waals surface area contributed by atoms with Crippen LogP contribution in [0.15, 0.2) is 192 Å². The van der Waals surface area contributed by atoms with Crippen molar-refractivity contribution in [3.8, 4) is 67.5 Å². The minimum absolute atomic E-state index is 0.594. The first-order chi connectivity index (χ1) is 27.7. The second-order valence-electron chi connectivity index (χ2n) is 13.9. The van der Waals surface area contributed by atoms with E-state index >= 15 is 0 Å². The van der Waals surface area contributed by atoms with Gasteiger partial charge in [-0.3, -0.25) is 0 Å². The molecule has 0 bridgehead atoms. The molecule has 0 radical (unpaired) electrons. The highest BCUT2D eigenvalue weighted by atomic mass is 32.1. The second-order valence-corrected chi connectivity index (χ2v) is 15.0. The summed E-state index contributed by atoms with van der Waals surface area (Å²) in [5.41, 5.74) is 11.2.